The zero-order valence-corrected chi connectivity index (χ0v) is 13.4. The molecule has 114 valence electrons. The average Bonchev–Trinajstić information content (AvgIpc) is 2.37. The van der Waals surface area contributed by atoms with E-state index in [0.29, 0.717) is 23.8 Å². The molecule has 5 heteroatoms. The lowest BCUT2D eigenvalue weighted by Crippen LogP contribution is -2.23. The van der Waals surface area contributed by atoms with Crippen LogP contribution >= 0.6 is 0 Å². The van der Waals surface area contributed by atoms with E-state index in [1.807, 2.05) is 0 Å². The maximum Gasteiger partial charge on any atom is 0.175 e. The number of hydrogen-bond donors (Lipinski definition) is 1. The third-order valence-electron chi connectivity index (χ3n) is 3.30. The van der Waals surface area contributed by atoms with Gasteiger partial charge in [-0.1, -0.05) is 19.9 Å². The van der Waals surface area contributed by atoms with E-state index >= 15 is 0 Å². The van der Waals surface area contributed by atoms with E-state index in [-0.39, 0.29) is 5.41 Å². The van der Waals surface area contributed by atoms with Crippen LogP contribution in [-0.4, -0.2) is 27.8 Å². The molecule has 20 heavy (non-hydrogen) atoms. The van der Waals surface area contributed by atoms with Crippen molar-refractivity contribution in [2.75, 3.05) is 19.4 Å². The molecule has 0 unspecified atom stereocenters. The summed E-state index contributed by atoms with van der Waals surface area (Å²) in [6.07, 6.45) is 4.25. The lowest BCUT2D eigenvalue weighted by Gasteiger charge is -2.21. The van der Waals surface area contributed by atoms with Gasteiger partial charge in [-0.25, -0.2) is 8.42 Å². The zero-order chi connectivity index (χ0) is 15.2. The van der Waals surface area contributed by atoms with Crippen molar-refractivity contribution in [1.29, 1.82) is 0 Å². The molecule has 0 atom stereocenters. The van der Waals surface area contributed by atoms with Crippen molar-refractivity contribution in [3.63, 3.8) is 0 Å². The summed E-state index contributed by atoms with van der Waals surface area (Å²) in [5.74, 6) is 0.603. The fourth-order valence-corrected chi connectivity index (χ4v) is 2.45. The normalized spacial score (nSPS) is 12.4. The van der Waals surface area contributed by atoms with Gasteiger partial charge in [-0.15, -0.1) is 0 Å². The van der Waals surface area contributed by atoms with Crippen molar-refractivity contribution in [1.82, 2.24) is 0 Å². The van der Waals surface area contributed by atoms with Crippen molar-refractivity contribution >= 4 is 9.84 Å². The topological polar surface area (TPSA) is 69.4 Å². The number of sulfone groups is 1. The summed E-state index contributed by atoms with van der Waals surface area (Å²) in [5.41, 5.74) is 5.86. The fourth-order valence-electron chi connectivity index (χ4n) is 1.79. The summed E-state index contributed by atoms with van der Waals surface area (Å²) in [5, 5.41) is 0. The SMILES string of the molecule is CC(C)(CN)CCCCOc1cccc(S(C)(=O)=O)c1. The van der Waals surface area contributed by atoms with Gasteiger partial charge in [-0.3, -0.25) is 0 Å². The molecule has 0 aromatic heterocycles. The largest absolute Gasteiger partial charge is 0.494 e. The van der Waals surface area contributed by atoms with Crippen LogP contribution in [0, 0.1) is 5.41 Å². The van der Waals surface area contributed by atoms with Crippen LogP contribution in [-0.2, 0) is 9.84 Å². The van der Waals surface area contributed by atoms with Crippen LogP contribution in [0.2, 0.25) is 0 Å². The van der Waals surface area contributed by atoms with Gasteiger partial charge in [0.2, 0.25) is 0 Å². The number of unbranched alkanes of at least 4 members (excludes halogenated alkanes) is 1. The van der Waals surface area contributed by atoms with Gasteiger partial charge in [0.1, 0.15) is 5.75 Å². The molecular weight excluding hydrogens is 274 g/mol. The van der Waals surface area contributed by atoms with Crippen molar-refractivity contribution in [3.8, 4) is 5.75 Å². The van der Waals surface area contributed by atoms with E-state index in [9.17, 15) is 8.42 Å². The van der Waals surface area contributed by atoms with Crippen LogP contribution in [0.25, 0.3) is 0 Å². The van der Waals surface area contributed by atoms with E-state index in [0.717, 1.165) is 19.3 Å². The maximum absolute atomic E-state index is 11.4. The van der Waals surface area contributed by atoms with E-state index in [1.54, 1.807) is 24.3 Å². The summed E-state index contributed by atoms with van der Waals surface area (Å²) in [6, 6.07) is 6.62. The number of benzene rings is 1. The van der Waals surface area contributed by atoms with E-state index in [4.69, 9.17) is 10.5 Å². The summed E-state index contributed by atoms with van der Waals surface area (Å²) in [4.78, 5) is 0.291. The van der Waals surface area contributed by atoms with E-state index in [1.165, 1.54) is 6.26 Å². The standard InChI is InChI=1S/C15H25NO3S/c1-15(2,12-16)9-4-5-10-19-13-7-6-8-14(11-13)20(3,17)18/h6-8,11H,4-5,9-10,12,16H2,1-3H3. The molecule has 0 amide bonds. The molecule has 0 bridgehead atoms. The second kappa shape index (κ2) is 7.09. The smallest absolute Gasteiger partial charge is 0.175 e. The van der Waals surface area contributed by atoms with Gasteiger partial charge in [0.05, 0.1) is 11.5 Å². The van der Waals surface area contributed by atoms with Crippen molar-refractivity contribution < 1.29 is 13.2 Å². The Balaban J connectivity index is 2.40. The quantitative estimate of drug-likeness (QED) is 0.749. The average molecular weight is 299 g/mol. The third-order valence-corrected chi connectivity index (χ3v) is 4.41. The number of ether oxygens (including phenoxy) is 1. The Morgan fingerprint density at radius 3 is 2.55 bits per heavy atom. The Labute approximate surface area is 122 Å². The highest BCUT2D eigenvalue weighted by Crippen LogP contribution is 2.22. The summed E-state index contributed by atoms with van der Waals surface area (Å²) < 4.78 is 28.5. The molecule has 0 radical (unpaired) electrons. The first-order chi connectivity index (χ1) is 9.24. The van der Waals surface area contributed by atoms with Gasteiger partial charge in [0, 0.05) is 6.26 Å². The Morgan fingerprint density at radius 2 is 1.95 bits per heavy atom. The second-order valence-corrected chi connectivity index (χ2v) is 7.94. The van der Waals surface area contributed by atoms with Crippen LogP contribution in [0.3, 0.4) is 0 Å². The minimum Gasteiger partial charge on any atom is -0.494 e. The Morgan fingerprint density at radius 1 is 1.25 bits per heavy atom. The molecule has 0 aliphatic heterocycles. The second-order valence-electron chi connectivity index (χ2n) is 5.92. The van der Waals surface area contributed by atoms with Gasteiger partial charge < -0.3 is 10.5 Å². The molecular formula is C15H25NO3S. The molecule has 0 fully saturated rings. The minimum absolute atomic E-state index is 0.177. The van der Waals surface area contributed by atoms with Crippen molar-refractivity contribution in [3.05, 3.63) is 24.3 Å². The highest BCUT2D eigenvalue weighted by atomic mass is 32.2. The molecule has 0 spiro atoms. The molecule has 0 aliphatic rings. The van der Waals surface area contributed by atoms with Crippen LogP contribution in [0.1, 0.15) is 33.1 Å². The van der Waals surface area contributed by atoms with Crippen LogP contribution < -0.4 is 10.5 Å². The number of rotatable bonds is 8. The van der Waals surface area contributed by atoms with E-state index < -0.39 is 9.84 Å². The zero-order valence-electron chi connectivity index (χ0n) is 12.6. The maximum atomic E-state index is 11.4. The monoisotopic (exact) mass is 299 g/mol. The van der Waals surface area contributed by atoms with Gasteiger partial charge in [0.25, 0.3) is 0 Å². The lowest BCUT2D eigenvalue weighted by atomic mass is 9.87. The molecule has 0 heterocycles. The fraction of sp³-hybridized carbons (Fsp3) is 0.600. The van der Waals surface area contributed by atoms with Gasteiger partial charge in [-0.2, -0.15) is 0 Å². The number of nitrogens with two attached hydrogens (primary N) is 1. The van der Waals surface area contributed by atoms with Crippen molar-refractivity contribution in [2.45, 2.75) is 38.0 Å². The molecule has 0 saturated carbocycles. The van der Waals surface area contributed by atoms with Crippen LogP contribution in [0.4, 0.5) is 0 Å². The molecule has 1 aromatic carbocycles. The van der Waals surface area contributed by atoms with Crippen LogP contribution in [0.5, 0.6) is 5.75 Å². The minimum atomic E-state index is -3.18. The lowest BCUT2D eigenvalue weighted by molar-refractivity contribution is 0.278. The summed E-state index contributed by atoms with van der Waals surface area (Å²) in [6.45, 7) is 5.59. The molecule has 4 nitrogen and oxygen atoms in total. The highest BCUT2D eigenvalue weighted by molar-refractivity contribution is 7.90. The van der Waals surface area contributed by atoms with Gasteiger partial charge >= 0.3 is 0 Å². The van der Waals surface area contributed by atoms with Gasteiger partial charge in [-0.05, 0) is 49.4 Å². The Hall–Kier alpha value is -1.07. The first-order valence-corrected chi connectivity index (χ1v) is 8.77. The summed E-state index contributed by atoms with van der Waals surface area (Å²) >= 11 is 0. The Bertz CT molecular complexity index is 524. The first kappa shape index (κ1) is 17.0. The van der Waals surface area contributed by atoms with Crippen LogP contribution in [0.15, 0.2) is 29.2 Å². The number of hydrogen-bond acceptors (Lipinski definition) is 4. The summed E-state index contributed by atoms with van der Waals surface area (Å²) in [7, 11) is -3.18. The van der Waals surface area contributed by atoms with Crippen molar-refractivity contribution in [2.24, 2.45) is 11.1 Å². The molecule has 1 aromatic rings. The predicted octanol–water partition coefficient (Wildman–Crippen LogP) is 2.62. The first-order valence-electron chi connectivity index (χ1n) is 6.88. The van der Waals surface area contributed by atoms with E-state index in [2.05, 4.69) is 13.8 Å². The van der Waals surface area contributed by atoms with Gasteiger partial charge in [0.15, 0.2) is 9.84 Å². The molecule has 0 aliphatic carbocycles. The Kier molecular flexibility index (Phi) is 6.02. The molecule has 1 rings (SSSR count). The highest BCUT2D eigenvalue weighted by Gasteiger charge is 2.14. The third kappa shape index (κ3) is 5.92. The molecule has 2 N–H and O–H groups in total. The molecule has 0 saturated heterocycles. The predicted molar refractivity (Wildman–Crippen MR) is 81.7 cm³/mol.